The molecule has 26 heavy (non-hydrogen) atoms. The number of anilines is 1. The fourth-order valence-electron chi connectivity index (χ4n) is 2.10. The van der Waals surface area contributed by atoms with Gasteiger partial charge in [-0.3, -0.25) is 4.79 Å². The molecular weight excluding hydrogens is 356 g/mol. The van der Waals surface area contributed by atoms with Crippen molar-refractivity contribution in [2.75, 3.05) is 12.4 Å². The first-order valence-corrected chi connectivity index (χ1v) is 9.37. The van der Waals surface area contributed by atoms with Crippen LogP contribution in [0.15, 0.2) is 53.4 Å². The minimum atomic E-state index is -3.63. The number of rotatable bonds is 6. The van der Waals surface area contributed by atoms with E-state index in [0.717, 1.165) is 0 Å². The summed E-state index contributed by atoms with van der Waals surface area (Å²) in [6.45, 7) is 3.52. The smallest absolute Gasteiger partial charge is 0.338 e. The van der Waals surface area contributed by atoms with E-state index in [1.165, 1.54) is 31.3 Å². The number of esters is 1. The molecule has 0 saturated heterocycles. The van der Waals surface area contributed by atoms with Crippen molar-refractivity contribution in [3.63, 3.8) is 0 Å². The minimum Gasteiger partial charge on any atom is -0.459 e. The van der Waals surface area contributed by atoms with E-state index in [1.54, 1.807) is 38.1 Å². The maximum absolute atomic E-state index is 12.3. The van der Waals surface area contributed by atoms with Gasteiger partial charge in [-0.2, -0.15) is 0 Å². The average Bonchev–Trinajstić information content (AvgIpc) is 2.61. The van der Waals surface area contributed by atoms with Crippen molar-refractivity contribution in [3.05, 3.63) is 59.7 Å². The first-order valence-electron chi connectivity index (χ1n) is 7.89. The predicted molar refractivity (Wildman–Crippen MR) is 97.6 cm³/mol. The van der Waals surface area contributed by atoms with Gasteiger partial charge in [0.2, 0.25) is 10.0 Å². The van der Waals surface area contributed by atoms with Crippen LogP contribution in [0.1, 0.15) is 34.6 Å². The van der Waals surface area contributed by atoms with E-state index in [4.69, 9.17) is 4.74 Å². The van der Waals surface area contributed by atoms with Gasteiger partial charge in [0.05, 0.1) is 16.6 Å². The Morgan fingerprint density at radius 2 is 1.65 bits per heavy atom. The molecule has 0 aliphatic heterocycles. The van der Waals surface area contributed by atoms with Gasteiger partial charge < -0.3 is 10.1 Å². The quantitative estimate of drug-likeness (QED) is 0.754. The molecule has 0 fully saturated rings. The molecule has 2 aromatic rings. The Morgan fingerprint density at radius 3 is 2.23 bits per heavy atom. The van der Waals surface area contributed by atoms with Crippen molar-refractivity contribution in [1.29, 1.82) is 0 Å². The van der Waals surface area contributed by atoms with Crippen LogP contribution in [-0.2, 0) is 14.8 Å². The van der Waals surface area contributed by atoms with E-state index in [0.29, 0.717) is 11.3 Å². The monoisotopic (exact) mass is 376 g/mol. The van der Waals surface area contributed by atoms with Crippen LogP contribution in [0.2, 0.25) is 0 Å². The van der Waals surface area contributed by atoms with E-state index in [-0.39, 0.29) is 16.6 Å². The number of amides is 1. The van der Waals surface area contributed by atoms with Gasteiger partial charge in [-0.25, -0.2) is 17.9 Å². The number of ether oxygens (including phenoxy) is 1. The van der Waals surface area contributed by atoms with Crippen LogP contribution >= 0.6 is 0 Å². The summed E-state index contributed by atoms with van der Waals surface area (Å²) in [5, 5.41) is 2.66. The third-order valence-electron chi connectivity index (χ3n) is 3.40. The minimum absolute atomic E-state index is 0.000529. The van der Waals surface area contributed by atoms with Crippen molar-refractivity contribution < 1.29 is 22.7 Å². The lowest BCUT2D eigenvalue weighted by Crippen LogP contribution is -2.19. The van der Waals surface area contributed by atoms with E-state index >= 15 is 0 Å². The summed E-state index contributed by atoms with van der Waals surface area (Å²) < 4.78 is 30.9. The zero-order chi connectivity index (χ0) is 19.3. The van der Waals surface area contributed by atoms with E-state index in [2.05, 4.69) is 10.0 Å². The Bertz CT molecular complexity index is 905. The third kappa shape index (κ3) is 4.90. The Morgan fingerprint density at radius 1 is 1.00 bits per heavy atom. The maximum Gasteiger partial charge on any atom is 0.338 e. The SMILES string of the molecule is CNS(=O)(=O)c1cccc(C(=O)Nc2ccc(C(=O)OC(C)C)cc2)c1. The van der Waals surface area contributed by atoms with Gasteiger partial charge in [0.1, 0.15) is 0 Å². The highest BCUT2D eigenvalue weighted by Crippen LogP contribution is 2.15. The van der Waals surface area contributed by atoms with E-state index in [9.17, 15) is 18.0 Å². The molecular formula is C18H20N2O5S. The Labute approximate surface area is 152 Å². The molecule has 0 aliphatic rings. The summed E-state index contributed by atoms with van der Waals surface area (Å²) in [6, 6.07) is 11.9. The second-order valence-corrected chi connectivity index (χ2v) is 7.61. The number of hydrogen-bond donors (Lipinski definition) is 2. The summed E-state index contributed by atoms with van der Waals surface area (Å²) in [4.78, 5) is 24.1. The molecule has 0 spiro atoms. The fourth-order valence-corrected chi connectivity index (χ4v) is 2.87. The zero-order valence-corrected chi connectivity index (χ0v) is 15.5. The summed E-state index contributed by atoms with van der Waals surface area (Å²) in [7, 11) is -2.33. The lowest BCUT2D eigenvalue weighted by atomic mass is 10.2. The van der Waals surface area contributed by atoms with Crippen LogP contribution in [0.3, 0.4) is 0 Å². The molecule has 0 unspecified atom stereocenters. The standard InChI is InChI=1S/C18H20N2O5S/c1-12(2)25-18(22)13-7-9-15(10-8-13)20-17(21)14-5-4-6-16(11-14)26(23,24)19-3/h4-12,19H,1-3H3,(H,20,21). The third-order valence-corrected chi connectivity index (χ3v) is 4.81. The van der Waals surface area contributed by atoms with Gasteiger partial charge in [-0.15, -0.1) is 0 Å². The molecule has 8 heteroatoms. The van der Waals surface area contributed by atoms with Gasteiger partial charge in [0.25, 0.3) is 5.91 Å². The topological polar surface area (TPSA) is 102 Å². The summed E-state index contributed by atoms with van der Waals surface area (Å²) in [5.41, 5.74) is 1.04. The molecule has 0 radical (unpaired) electrons. The number of carbonyl (C=O) groups is 2. The normalized spacial score (nSPS) is 11.2. The largest absolute Gasteiger partial charge is 0.459 e. The van der Waals surface area contributed by atoms with Gasteiger partial charge in [0.15, 0.2) is 0 Å². The molecule has 1 amide bonds. The first-order chi connectivity index (χ1) is 12.2. The Kier molecular flexibility index (Phi) is 6.12. The van der Waals surface area contributed by atoms with Crippen LogP contribution in [0, 0.1) is 0 Å². The molecule has 0 saturated carbocycles. The highest BCUT2D eigenvalue weighted by Gasteiger charge is 2.15. The fraction of sp³-hybridized carbons (Fsp3) is 0.222. The van der Waals surface area contributed by atoms with Gasteiger partial charge in [-0.05, 0) is 63.4 Å². The number of nitrogens with one attached hydrogen (secondary N) is 2. The van der Waals surface area contributed by atoms with Gasteiger partial charge in [-0.1, -0.05) is 6.07 Å². The van der Waals surface area contributed by atoms with Crippen LogP contribution in [0.25, 0.3) is 0 Å². The molecule has 0 bridgehead atoms. The summed E-state index contributed by atoms with van der Waals surface area (Å²) >= 11 is 0. The van der Waals surface area contributed by atoms with Crippen LogP contribution in [0.4, 0.5) is 5.69 Å². The molecule has 0 atom stereocenters. The van der Waals surface area contributed by atoms with Crippen molar-refractivity contribution in [1.82, 2.24) is 4.72 Å². The molecule has 0 heterocycles. The second-order valence-electron chi connectivity index (χ2n) is 5.72. The summed E-state index contributed by atoms with van der Waals surface area (Å²) in [5.74, 6) is -0.904. The van der Waals surface area contributed by atoms with E-state index < -0.39 is 21.9 Å². The molecule has 0 aliphatic carbocycles. The van der Waals surface area contributed by atoms with Crippen molar-refractivity contribution in [2.45, 2.75) is 24.8 Å². The lowest BCUT2D eigenvalue weighted by Gasteiger charge is -2.09. The van der Waals surface area contributed by atoms with Crippen LogP contribution in [-0.4, -0.2) is 33.4 Å². The summed E-state index contributed by atoms with van der Waals surface area (Å²) in [6.07, 6.45) is -0.219. The number of sulfonamides is 1. The molecule has 2 N–H and O–H groups in total. The molecule has 2 aromatic carbocycles. The van der Waals surface area contributed by atoms with Crippen molar-refractivity contribution in [3.8, 4) is 0 Å². The highest BCUT2D eigenvalue weighted by atomic mass is 32.2. The zero-order valence-electron chi connectivity index (χ0n) is 14.6. The van der Waals surface area contributed by atoms with Crippen LogP contribution < -0.4 is 10.0 Å². The lowest BCUT2D eigenvalue weighted by molar-refractivity contribution is 0.0378. The molecule has 7 nitrogen and oxygen atoms in total. The number of hydrogen-bond acceptors (Lipinski definition) is 5. The average molecular weight is 376 g/mol. The van der Waals surface area contributed by atoms with Crippen LogP contribution in [0.5, 0.6) is 0 Å². The maximum atomic E-state index is 12.3. The molecule has 138 valence electrons. The number of benzene rings is 2. The highest BCUT2D eigenvalue weighted by molar-refractivity contribution is 7.89. The Balaban J connectivity index is 2.13. The Hall–Kier alpha value is -2.71. The van der Waals surface area contributed by atoms with Gasteiger partial charge in [0, 0.05) is 11.3 Å². The first kappa shape index (κ1) is 19.6. The second kappa shape index (κ2) is 8.11. The van der Waals surface area contributed by atoms with Crippen molar-refractivity contribution in [2.24, 2.45) is 0 Å². The number of carbonyl (C=O) groups excluding carboxylic acids is 2. The van der Waals surface area contributed by atoms with E-state index in [1.807, 2.05) is 0 Å². The molecule has 0 aromatic heterocycles. The van der Waals surface area contributed by atoms with Crippen molar-refractivity contribution >= 4 is 27.6 Å². The van der Waals surface area contributed by atoms with Gasteiger partial charge >= 0.3 is 5.97 Å². The molecule has 2 rings (SSSR count). The predicted octanol–water partition coefficient (Wildman–Crippen LogP) is 2.41.